The molecule has 2 aromatic carbocycles. The second kappa shape index (κ2) is 4.28. The summed E-state index contributed by atoms with van der Waals surface area (Å²) in [7, 11) is 0. The molecule has 0 aliphatic carbocycles. The molecule has 2 heterocycles. The summed E-state index contributed by atoms with van der Waals surface area (Å²) >= 11 is 0. The summed E-state index contributed by atoms with van der Waals surface area (Å²) in [5.74, 6) is 0. The Kier molecular flexibility index (Phi) is 2.41. The van der Waals surface area contributed by atoms with Gasteiger partial charge < -0.3 is 4.98 Å². The third kappa shape index (κ3) is 1.82. The average molecular weight is 276 g/mol. The van der Waals surface area contributed by atoms with E-state index in [0.29, 0.717) is 16.9 Å². The van der Waals surface area contributed by atoms with E-state index in [9.17, 15) is 4.79 Å². The van der Waals surface area contributed by atoms with Gasteiger partial charge in [-0.2, -0.15) is 14.8 Å². The third-order valence-electron chi connectivity index (χ3n) is 3.53. The number of fused-ring (bicyclic) bond motifs is 3. The second-order valence-corrected chi connectivity index (χ2v) is 5.01. The van der Waals surface area contributed by atoms with Crippen LogP contribution in [0.3, 0.4) is 0 Å². The summed E-state index contributed by atoms with van der Waals surface area (Å²) < 4.78 is 1.34. The Balaban J connectivity index is 2.05. The molecule has 0 fully saturated rings. The monoisotopic (exact) mass is 276 g/mol. The van der Waals surface area contributed by atoms with Crippen molar-refractivity contribution in [2.24, 2.45) is 0 Å². The van der Waals surface area contributed by atoms with E-state index in [2.05, 4.69) is 15.1 Å². The Morgan fingerprint density at radius 1 is 1.05 bits per heavy atom. The number of rotatable bonds is 1. The quantitative estimate of drug-likeness (QED) is 0.581. The van der Waals surface area contributed by atoms with Gasteiger partial charge in [-0.25, -0.2) is 4.79 Å². The predicted molar refractivity (Wildman–Crippen MR) is 81.7 cm³/mol. The number of hydrogen-bond acceptors (Lipinski definition) is 3. The minimum Gasteiger partial charge on any atom is -0.338 e. The molecule has 0 radical (unpaired) electrons. The highest BCUT2D eigenvalue weighted by Gasteiger charge is 2.10. The maximum Gasteiger partial charge on any atom is 0.370 e. The highest BCUT2D eigenvalue weighted by molar-refractivity contribution is 6.02. The molecule has 102 valence electrons. The molecule has 0 bridgehead atoms. The van der Waals surface area contributed by atoms with E-state index in [0.717, 1.165) is 16.5 Å². The molecule has 5 nitrogen and oxygen atoms in total. The van der Waals surface area contributed by atoms with E-state index >= 15 is 0 Å². The van der Waals surface area contributed by atoms with Crippen LogP contribution in [0.1, 0.15) is 5.56 Å². The zero-order valence-corrected chi connectivity index (χ0v) is 11.4. The molecular weight excluding hydrogens is 264 g/mol. The highest BCUT2D eigenvalue weighted by Crippen LogP contribution is 2.21. The summed E-state index contributed by atoms with van der Waals surface area (Å²) in [6.07, 6.45) is 0. The summed E-state index contributed by atoms with van der Waals surface area (Å²) in [5.41, 5.74) is 3.60. The van der Waals surface area contributed by atoms with Gasteiger partial charge in [-0.3, -0.25) is 0 Å². The lowest BCUT2D eigenvalue weighted by Gasteiger charge is -2.03. The van der Waals surface area contributed by atoms with Crippen LogP contribution < -0.4 is 5.69 Å². The van der Waals surface area contributed by atoms with Crippen LogP contribution in [0.5, 0.6) is 0 Å². The highest BCUT2D eigenvalue weighted by atomic mass is 16.1. The number of nitrogens with zero attached hydrogens (tertiary/aromatic N) is 3. The van der Waals surface area contributed by atoms with E-state index in [1.807, 2.05) is 55.5 Å². The number of para-hydroxylation sites is 1. The van der Waals surface area contributed by atoms with Gasteiger partial charge in [0.2, 0.25) is 0 Å². The van der Waals surface area contributed by atoms with Crippen LogP contribution in [0.4, 0.5) is 0 Å². The van der Waals surface area contributed by atoms with Crippen LogP contribution in [-0.4, -0.2) is 19.7 Å². The van der Waals surface area contributed by atoms with Crippen molar-refractivity contribution in [2.45, 2.75) is 6.92 Å². The zero-order chi connectivity index (χ0) is 14.4. The van der Waals surface area contributed by atoms with E-state index in [1.54, 1.807) is 0 Å². The molecule has 1 N–H and O–H groups in total. The number of benzene rings is 2. The first-order valence-electron chi connectivity index (χ1n) is 6.67. The fourth-order valence-electron chi connectivity index (χ4n) is 2.43. The fraction of sp³-hybridized carbons (Fsp3) is 0.0625. The summed E-state index contributed by atoms with van der Waals surface area (Å²) in [4.78, 5) is 19.4. The van der Waals surface area contributed by atoms with Gasteiger partial charge in [-0.05, 0) is 25.1 Å². The molecule has 4 aromatic rings. The first-order chi connectivity index (χ1) is 10.2. The average Bonchev–Trinajstić information content (AvgIpc) is 2.84. The Labute approximate surface area is 119 Å². The van der Waals surface area contributed by atoms with Gasteiger partial charge in [-0.1, -0.05) is 35.9 Å². The van der Waals surface area contributed by atoms with Gasteiger partial charge in [0.05, 0.1) is 5.69 Å². The van der Waals surface area contributed by atoms with Crippen molar-refractivity contribution >= 4 is 22.1 Å². The molecule has 0 saturated heterocycles. The SMILES string of the molecule is Cc1ccc(-n2nc3c(nc2=O)[nH]c2ccccc23)cc1. The molecule has 0 spiro atoms. The van der Waals surface area contributed by atoms with E-state index in [-0.39, 0.29) is 0 Å². The topological polar surface area (TPSA) is 63.6 Å². The van der Waals surface area contributed by atoms with E-state index in [4.69, 9.17) is 0 Å². The fourth-order valence-corrected chi connectivity index (χ4v) is 2.43. The van der Waals surface area contributed by atoms with Crippen LogP contribution in [-0.2, 0) is 0 Å². The van der Waals surface area contributed by atoms with Crippen LogP contribution in [0.2, 0.25) is 0 Å². The van der Waals surface area contributed by atoms with Crippen LogP contribution in [0.15, 0.2) is 53.3 Å². The minimum absolute atomic E-state index is 0.391. The van der Waals surface area contributed by atoms with Gasteiger partial charge in [-0.15, -0.1) is 0 Å². The van der Waals surface area contributed by atoms with Crippen LogP contribution in [0, 0.1) is 6.92 Å². The standard InChI is InChI=1S/C16H12N4O/c1-10-6-8-11(9-7-10)20-16(21)18-15-14(19-20)12-4-2-3-5-13(12)17-15/h2-9H,1H3,(H,17,18,21). The lowest BCUT2D eigenvalue weighted by molar-refractivity contribution is 0.792. The largest absolute Gasteiger partial charge is 0.370 e. The van der Waals surface area contributed by atoms with Gasteiger partial charge in [0.15, 0.2) is 5.65 Å². The Morgan fingerprint density at radius 2 is 1.81 bits per heavy atom. The molecule has 4 rings (SSSR count). The Hall–Kier alpha value is -2.95. The number of aromatic nitrogens is 4. The molecule has 2 aromatic heterocycles. The normalized spacial score (nSPS) is 11.3. The first kappa shape index (κ1) is 11.8. The molecule has 0 aliphatic rings. The van der Waals surface area contributed by atoms with Gasteiger partial charge >= 0.3 is 5.69 Å². The number of aryl methyl sites for hydroxylation is 1. The number of hydrogen-bond donors (Lipinski definition) is 1. The van der Waals surface area contributed by atoms with E-state index < -0.39 is 5.69 Å². The Bertz CT molecular complexity index is 1010. The van der Waals surface area contributed by atoms with Crippen molar-refractivity contribution in [2.75, 3.05) is 0 Å². The van der Waals surface area contributed by atoms with Crippen molar-refractivity contribution in [3.8, 4) is 5.69 Å². The third-order valence-corrected chi connectivity index (χ3v) is 3.53. The van der Waals surface area contributed by atoms with Crippen molar-refractivity contribution in [3.63, 3.8) is 0 Å². The molecular formula is C16H12N4O. The number of nitrogens with one attached hydrogen (secondary N) is 1. The second-order valence-electron chi connectivity index (χ2n) is 5.01. The molecule has 0 amide bonds. The van der Waals surface area contributed by atoms with Gasteiger partial charge in [0.1, 0.15) is 5.52 Å². The molecule has 0 saturated carbocycles. The molecule has 0 unspecified atom stereocenters. The summed E-state index contributed by atoms with van der Waals surface area (Å²) in [6, 6.07) is 15.4. The van der Waals surface area contributed by atoms with Crippen molar-refractivity contribution in [1.82, 2.24) is 19.7 Å². The molecule has 0 atom stereocenters. The van der Waals surface area contributed by atoms with Crippen molar-refractivity contribution in [3.05, 3.63) is 64.6 Å². The maximum atomic E-state index is 12.2. The smallest absolute Gasteiger partial charge is 0.338 e. The van der Waals surface area contributed by atoms with E-state index in [1.165, 1.54) is 4.68 Å². The first-order valence-corrected chi connectivity index (χ1v) is 6.67. The molecule has 5 heteroatoms. The summed E-state index contributed by atoms with van der Waals surface area (Å²) in [6.45, 7) is 2.00. The zero-order valence-electron chi connectivity index (χ0n) is 11.4. The van der Waals surface area contributed by atoms with Crippen LogP contribution >= 0.6 is 0 Å². The summed E-state index contributed by atoms with van der Waals surface area (Å²) in [5, 5.41) is 5.43. The Morgan fingerprint density at radius 3 is 2.62 bits per heavy atom. The maximum absolute atomic E-state index is 12.2. The predicted octanol–water partition coefficient (Wildman–Crippen LogP) is 2.57. The number of aromatic amines is 1. The number of H-pyrrole nitrogens is 1. The van der Waals surface area contributed by atoms with Crippen molar-refractivity contribution < 1.29 is 0 Å². The lowest BCUT2D eigenvalue weighted by atomic mass is 10.2. The lowest BCUT2D eigenvalue weighted by Crippen LogP contribution is -2.23. The minimum atomic E-state index is -0.391. The molecule has 21 heavy (non-hydrogen) atoms. The van der Waals surface area contributed by atoms with Gasteiger partial charge in [0, 0.05) is 10.9 Å². The molecule has 0 aliphatic heterocycles. The van der Waals surface area contributed by atoms with Crippen LogP contribution in [0.25, 0.3) is 27.8 Å². The van der Waals surface area contributed by atoms with Crippen molar-refractivity contribution in [1.29, 1.82) is 0 Å². The van der Waals surface area contributed by atoms with Gasteiger partial charge in [0.25, 0.3) is 0 Å².